The van der Waals surface area contributed by atoms with Crippen LogP contribution in [-0.4, -0.2) is 71.9 Å². The smallest absolute Gasteiger partial charge is 0.252 e. The number of carbonyl (C=O) groups excluding carboxylic acids is 3. The van der Waals surface area contributed by atoms with Crippen LogP contribution in [0, 0.1) is 27.7 Å². The number of aryl methyl sites for hydroxylation is 3. The van der Waals surface area contributed by atoms with Crippen molar-refractivity contribution in [2.75, 3.05) is 26.2 Å². The Bertz CT molecular complexity index is 1740. The predicted molar refractivity (Wildman–Crippen MR) is 198 cm³/mol. The van der Waals surface area contributed by atoms with Crippen molar-refractivity contribution in [3.8, 4) is 5.75 Å². The number of hydrogen-bond acceptors (Lipinski definition) is 5. The van der Waals surface area contributed by atoms with Gasteiger partial charge in [0.25, 0.3) is 5.91 Å². The summed E-state index contributed by atoms with van der Waals surface area (Å²) in [5, 5.41) is 3.71. The Morgan fingerprint density at radius 2 is 1.58 bits per heavy atom. The molecule has 3 aliphatic rings. The highest BCUT2D eigenvalue weighted by atomic mass is 16.5. The summed E-state index contributed by atoms with van der Waals surface area (Å²) in [7, 11) is 0. The molecule has 3 aromatic carbocycles. The van der Waals surface area contributed by atoms with Crippen LogP contribution in [0.15, 0.2) is 66.2 Å². The van der Waals surface area contributed by atoms with Crippen LogP contribution in [0.5, 0.6) is 5.75 Å². The van der Waals surface area contributed by atoms with Crippen molar-refractivity contribution in [3.05, 3.63) is 105 Å². The topological polar surface area (TPSA) is 105 Å². The minimum Gasteiger partial charge on any atom is -0.493 e. The maximum atomic E-state index is 14.7. The van der Waals surface area contributed by atoms with Crippen LogP contribution >= 0.6 is 0 Å². The van der Waals surface area contributed by atoms with Gasteiger partial charge in [0, 0.05) is 56.6 Å². The number of rotatable bonds is 14. The highest BCUT2D eigenvalue weighted by Crippen LogP contribution is 2.37. The molecule has 1 aliphatic carbocycles. The third-order valence-electron chi connectivity index (χ3n) is 10.5. The molecule has 0 aromatic heterocycles. The van der Waals surface area contributed by atoms with Crippen LogP contribution in [0.2, 0.25) is 0 Å². The van der Waals surface area contributed by atoms with Gasteiger partial charge in [0.2, 0.25) is 11.8 Å². The second kappa shape index (κ2) is 15.6. The van der Waals surface area contributed by atoms with Crippen LogP contribution in [-0.2, 0) is 27.2 Å². The van der Waals surface area contributed by atoms with Gasteiger partial charge in [-0.1, -0.05) is 60.2 Å². The standard InChI is InChI=1S/C42H52N4O4/c1-27-8-10-31(11-9-27)18-20-46(35-16-17-35)42(49)41-36(24-34-25-45(26-37(41)44-34)40(48)7-5-6-39(43)47)33-14-12-32(13-15-33)19-21-50-38-23-28(2)22-29(3)30(38)4/h8-15,22-23,34-35,37,44H,5-7,16-21,24-26H2,1-4H3,(H2,43,47). The van der Waals surface area contributed by atoms with Crippen LogP contribution < -0.4 is 15.8 Å². The van der Waals surface area contributed by atoms with Gasteiger partial charge in [-0.15, -0.1) is 0 Å². The van der Waals surface area contributed by atoms with E-state index in [1.54, 1.807) is 0 Å². The van der Waals surface area contributed by atoms with E-state index in [9.17, 15) is 14.4 Å². The molecule has 3 aromatic rings. The molecule has 0 radical (unpaired) electrons. The normalized spacial score (nSPS) is 18.6. The van der Waals surface area contributed by atoms with Crippen molar-refractivity contribution in [1.82, 2.24) is 15.1 Å². The lowest BCUT2D eigenvalue weighted by Crippen LogP contribution is -2.62. The molecule has 8 nitrogen and oxygen atoms in total. The maximum absolute atomic E-state index is 14.7. The Morgan fingerprint density at radius 3 is 2.28 bits per heavy atom. The van der Waals surface area contributed by atoms with Gasteiger partial charge in [-0.05, 0) is 105 Å². The molecule has 6 rings (SSSR count). The molecule has 1 saturated carbocycles. The second-order valence-corrected chi connectivity index (χ2v) is 14.6. The number of piperazine rings is 1. The molecule has 0 spiro atoms. The number of nitrogens with one attached hydrogen (secondary N) is 1. The Kier molecular flexibility index (Phi) is 11.1. The van der Waals surface area contributed by atoms with E-state index in [1.807, 2.05) is 4.90 Å². The van der Waals surface area contributed by atoms with E-state index in [-0.39, 0.29) is 42.8 Å². The fourth-order valence-corrected chi connectivity index (χ4v) is 7.44. The number of hydrogen-bond donors (Lipinski definition) is 2. The lowest BCUT2D eigenvalue weighted by molar-refractivity contribution is -0.134. The fraction of sp³-hybridized carbons (Fsp3) is 0.452. The van der Waals surface area contributed by atoms with E-state index < -0.39 is 5.91 Å². The van der Waals surface area contributed by atoms with Gasteiger partial charge in [0.15, 0.2) is 0 Å². The maximum Gasteiger partial charge on any atom is 0.252 e. The van der Waals surface area contributed by atoms with Crippen LogP contribution in [0.3, 0.4) is 0 Å². The van der Waals surface area contributed by atoms with E-state index in [1.165, 1.54) is 33.4 Å². The summed E-state index contributed by atoms with van der Waals surface area (Å²) in [6.07, 6.45) is 5.20. The molecular weight excluding hydrogens is 624 g/mol. The Hall–Kier alpha value is -4.43. The van der Waals surface area contributed by atoms with E-state index >= 15 is 0 Å². The first kappa shape index (κ1) is 35.4. The van der Waals surface area contributed by atoms with Gasteiger partial charge >= 0.3 is 0 Å². The average Bonchev–Trinajstić information content (AvgIpc) is 3.93. The summed E-state index contributed by atoms with van der Waals surface area (Å²) in [5.41, 5.74) is 15.5. The lowest BCUT2D eigenvalue weighted by Gasteiger charge is -2.45. The molecule has 3 N–H and O–H groups in total. The second-order valence-electron chi connectivity index (χ2n) is 14.6. The van der Waals surface area contributed by atoms with Crippen molar-refractivity contribution in [3.63, 3.8) is 0 Å². The first-order valence-electron chi connectivity index (χ1n) is 18.3. The van der Waals surface area contributed by atoms with Gasteiger partial charge in [-0.2, -0.15) is 0 Å². The number of fused-ring (bicyclic) bond motifs is 2. The fourth-order valence-electron chi connectivity index (χ4n) is 7.44. The van der Waals surface area contributed by atoms with Gasteiger partial charge in [0.1, 0.15) is 5.75 Å². The zero-order valence-electron chi connectivity index (χ0n) is 30.1. The number of amides is 3. The quantitative estimate of drug-likeness (QED) is 0.226. The summed E-state index contributed by atoms with van der Waals surface area (Å²) < 4.78 is 6.21. The molecule has 2 bridgehead atoms. The molecule has 3 amide bonds. The number of nitrogens with two attached hydrogens (primary N) is 1. The van der Waals surface area contributed by atoms with Crippen LogP contribution in [0.4, 0.5) is 0 Å². The summed E-state index contributed by atoms with van der Waals surface area (Å²) in [6.45, 7) is 10.7. The van der Waals surface area contributed by atoms with Gasteiger partial charge in [0.05, 0.1) is 12.6 Å². The third kappa shape index (κ3) is 8.64. The summed E-state index contributed by atoms with van der Waals surface area (Å²) >= 11 is 0. The Morgan fingerprint density at radius 1 is 0.880 bits per heavy atom. The summed E-state index contributed by atoms with van der Waals surface area (Å²) in [4.78, 5) is 43.3. The van der Waals surface area contributed by atoms with Gasteiger partial charge in [-0.3, -0.25) is 14.4 Å². The largest absolute Gasteiger partial charge is 0.493 e. The molecule has 2 fully saturated rings. The minimum atomic E-state index is -0.392. The van der Waals surface area contributed by atoms with Crippen molar-refractivity contribution < 1.29 is 19.1 Å². The molecule has 8 heteroatoms. The van der Waals surface area contributed by atoms with Crippen molar-refractivity contribution in [2.45, 2.75) is 97.2 Å². The monoisotopic (exact) mass is 676 g/mol. The molecule has 2 atom stereocenters. The molecule has 50 heavy (non-hydrogen) atoms. The Balaban J connectivity index is 1.23. The zero-order valence-corrected chi connectivity index (χ0v) is 30.1. The number of benzene rings is 3. The van der Waals surface area contributed by atoms with Crippen molar-refractivity contribution in [2.24, 2.45) is 5.73 Å². The minimum absolute atomic E-state index is 0.0130. The molecule has 1 saturated heterocycles. The van der Waals surface area contributed by atoms with E-state index in [0.717, 1.165) is 48.1 Å². The molecule has 264 valence electrons. The number of primary amides is 1. The molecule has 2 heterocycles. The molecular formula is C42H52N4O4. The van der Waals surface area contributed by atoms with Crippen LogP contribution in [0.25, 0.3) is 5.57 Å². The van der Waals surface area contributed by atoms with Crippen molar-refractivity contribution in [1.29, 1.82) is 0 Å². The van der Waals surface area contributed by atoms with E-state index in [2.05, 4.69) is 98.6 Å². The molecule has 2 unspecified atom stereocenters. The average molecular weight is 677 g/mol. The predicted octanol–water partition coefficient (Wildman–Crippen LogP) is 5.76. The number of ether oxygens (including phenoxy) is 1. The first-order valence-corrected chi connectivity index (χ1v) is 18.3. The zero-order chi connectivity index (χ0) is 35.4. The highest BCUT2D eigenvalue weighted by molar-refractivity contribution is 6.03. The number of carbonyl (C=O) groups is 3. The van der Waals surface area contributed by atoms with Crippen molar-refractivity contribution >= 4 is 23.3 Å². The number of nitrogens with zero attached hydrogens (tertiary/aromatic N) is 2. The van der Waals surface area contributed by atoms with E-state index in [0.29, 0.717) is 39.1 Å². The SMILES string of the molecule is Cc1ccc(CCN(C(=O)C2=C(c3ccc(CCOc4cc(C)cc(C)c4C)cc3)CC3CN(C(=O)CCCC(N)=O)CC2N3)C2CC2)cc1. The third-order valence-corrected chi connectivity index (χ3v) is 10.5. The highest BCUT2D eigenvalue weighted by Gasteiger charge is 2.43. The summed E-state index contributed by atoms with van der Waals surface area (Å²) in [5.74, 6) is 0.641. The lowest BCUT2D eigenvalue weighted by atomic mass is 9.82. The van der Waals surface area contributed by atoms with Gasteiger partial charge in [-0.25, -0.2) is 0 Å². The van der Waals surface area contributed by atoms with Gasteiger partial charge < -0.3 is 25.6 Å². The Labute approximate surface area is 297 Å². The van der Waals surface area contributed by atoms with Crippen LogP contribution in [0.1, 0.15) is 77.5 Å². The first-order chi connectivity index (χ1) is 24.0. The van der Waals surface area contributed by atoms with E-state index in [4.69, 9.17) is 10.5 Å². The molecule has 2 aliphatic heterocycles. The summed E-state index contributed by atoms with van der Waals surface area (Å²) in [6, 6.07) is 21.5.